The van der Waals surface area contributed by atoms with Crippen LogP contribution in [-0.4, -0.2) is 30.5 Å². The highest BCUT2D eigenvalue weighted by Crippen LogP contribution is 2.30. The summed E-state index contributed by atoms with van der Waals surface area (Å²) in [6.45, 7) is 3.60. The minimum atomic E-state index is -0.578. The number of carbonyl (C=O) groups is 1. The van der Waals surface area contributed by atoms with Crippen LogP contribution in [0.2, 0.25) is 0 Å². The Morgan fingerprint density at radius 3 is 2.82 bits per heavy atom. The molecule has 1 aliphatic rings. The van der Waals surface area contributed by atoms with Crippen molar-refractivity contribution in [2.45, 2.75) is 13.8 Å². The first-order chi connectivity index (χ1) is 10.5. The van der Waals surface area contributed by atoms with Gasteiger partial charge in [-0.05, 0) is 38.1 Å². The van der Waals surface area contributed by atoms with Crippen LogP contribution >= 0.6 is 15.9 Å². The third kappa shape index (κ3) is 3.22. The topological polar surface area (TPSA) is 68.1 Å². The molecular formula is C16H16BrNO4. The van der Waals surface area contributed by atoms with Crippen LogP contribution in [0.15, 0.2) is 44.7 Å². The molecule has 0 bridgehead atoms. The molecule has 6 heteroatoms. The van der Waals surface area contributed by atoms with Gasteiger partial charge in [-0.3, -0.25) is 0 Å². The summed E-state index contributed by atoms with van der Waals surface area (Å²) in [6, 6.07) is 5.49. The van der Waals surface area contributed by atoms with Crippen LogP contribution in [0.1, 0.15) is 19.4 Å². The summed E-state index contributed by atoms with van der Waals surface area (Å²) >= 11 is 3.39. The van der Waals surface area contributed by atoms with Crippen molar-refractivity contribution in [3.05, 3.63) is 45.3 Å². The molecule has 0 saturated heterocycles. The van der Waals surface area contributed by atoms with E-state index in [0.29, 0.717) is 17.2 Å². The number of aliphatic imine (C=N–C) groups is 1. The molecule has 0 atom stereocenters. The molecule has 0 spiro atoms. The van der Waals surface area contributed by atoms with Gasteiger partial charge in [-0.15, -0.1) is 0 Å². The predicted octanol–water partition coefficient (Wildman–Crippen LogP) is 3.65. The molecule has 2 rings (SSSR count). The standard InChI is InChI=1S/C16H16BrNO4/c1-4-22-16(20)14-9(2)18-12(15(14)19)8-10-7-11(17)5-6-13(10)21-3/h5-8,19H,4H2,1-3H3/b12-8+. The van der Waals surface area contributed by atoms with Crippen molar-refractivity contribution in [3.8, 4) is 5.75 Å². The molecule has 0 amide bonds. The van der Waals surface area contributed by atoms with Gasteiger partial charge in [-0.1, -0.05) is 15.9 Å². The van der Waals surface area contributed by atoms with Gasteiger partial charge >= 0.3 is 5.97 Å². The number of hydrogen-bond acceptors (Lipinski definition) is 5. The molecule has 5 nitrogen and oxygen atoms in total. The molecule has 0 aromatic heterocycles. The first-order valence-electron chi connectivity index (χ1n) is 6.69. The summed E-state index contributed by atoms with van der Waals surface area (Å²) in [4.78, 5) is 16.1. The molecule has 0 saturated carbocycles. The van der Waals surface area contributed by atoms with Crippen LogP contribution in [0, 0.1) is 0 Å². The summed E-state index contributed by atoms with van der Waals surface area (Å²) in [7, 11) is 1.56. The second kappa shape index (κ2) is 6.79. The summed E-state index contributed by atoms with van der Waals surface area (Å²) in [6.07, 6.45) is 1.66. The second-order valence-electron chi connectivity index (χ2n) is 4.56. The first-order valence-corrected chi connectivity index (χ1v) is 7.48. The molecule has 1 aliphatic heterocycles. The molecule has 22 heavy (non-hydrogen) atoms. The zero-order valence-electron chi connectivity index (χ0n) is 12.5. The number of esters is 1. The van der Waals surface area contributed by atoms with Crippen molar-refractivity contribution in [2.24, 2.45) is 4.99 Å². The number of ether oxygens (including phenoxy) is 2. The van der Waals surface area contributed by atoms with Crippen LogP contribution in [-0.2, 0) is 9.53 Å². The number of aliphatic hydroxyl groups excluding tert-OH is 1. The molecule has 0 aliphatic carbocycles. The van der Waals surface area contributed by atoms with E-state index in [4.69, 9.17) is 9.47 Å². The van der Waals surface area contributed by atoms with E-state index in [1.807, 2.05) is 12.1 Å². The van der Waals surface area contributed by atoms with E-state index < -0.39 is 5.97 Å². The number of carbonyl (C=O) groups excluding carboxylic acids is 1. The van der Waals surface area contributed by atoms with Gasteiger partial charge in [0.1, 0.15) is 17.0 Å². The van der Waals surface area contributed by atoms with Crippen LogP contribution in [0.5, 0.6) is 5.75 Å². The Bertz CT molecular complexity index is 704. The Morgan fingerprint density at radius 2 is 2.18 bits per heavy atom. The molecule has 0 fully saturated rings. The van der Waals surface area contributed by atoms with Gasteiger partial charge in [-0.2, -0.15) is 0 Å². The number of halogens is 1. The Hall–Kier alpha value is -2.08. The van der Waals surface area contributed by atoms with Crippen molar-refractivity contribution in [2.75, 3.05) is 13.7 Å². The number of hydrogen-bond donors (Lipinski definition) is 1. The van der Waals surface area contributed by atoms with Gasteiger partial charge in [0.2, 0.25) is 0 Å². The maximum atomic E-state index is 11.9. The number of methoxy groups -OCH3 is 1. The van der Waals surface area contributed by atoms with E-state index in [0.717, 1.165) is 10.0 Å². The quantitative estimate of drug-likeness (QED) is 0.826. The first kappa shape index (κ1) is 16.3. The summed E-state index contributed by atoms with van der Waals surface area (Å²) < 4.78 is 11.1. The number of aliphatic hydroxyl groups is 1. The minimum absolute atomic E-state index is 0.0991. The molecule has 116 valence electrons. The average Bonchev–Trinajstić information content (AvgIpc) is 2.74. The highest BCUT2D eigenvalue weighted by molar-refractivity contribution is 9.10. The lowest BCUT2D eigenvalue weighted by atomic mass is 10.1. The second-order valence-corrected chi connectivity index (χ2v) is 5.47. The molecule has 1 heterocycles. The third-order valence-electron chi connectivity index (χ3n) is 3.09. The van der Waals surface area contributed by atoms with Crippen LogP contribution in [0.4, 0.5) is 0 Å². The van der Waals surface area contributed by atoms with Crippen molar-refractivity contribution in [1.82, 2.24) is 0 Å². The maximum Gasteiger partial charge on any atom is 0.343 e. The molecule has 0 radical (unpaired) electrons. The Labute approximate surface area is 137 Å². The average molecular weight is 366 g/mol. The fourth-order valence-electron chi connectivity index (χ4n) is 2.10. The van der Waals surface area contributed by atoms with Crippen LogP contribution in [0.3, 0.4) is 0 Å². The molecule has 1 aromatic carbocycles. The smallest absolute Gasteiger partial charge is 0.343 e. The van der Waals surface area contributed by atoms with Crippen molar-refractivity contribution >= 4 is 33.7 Å². The van der Waals surface area contributed by atoms with Crippen molar-refractivity contribution in [3.63, 3.8) is 0 Å². The lowest BCUT2D eigenvalue weighted by Crippen LogP contribution is -2.13. The lowest BCUT2D eigenvalue weighted by Gasteiger charge is -2.06. The Morgan fingerprint density at radius 1 is 1.45 bits per heavy atom. The van der Waals surface area contributed by atoms with E-state index in [1.165, 1.54) is 0 Å². The zero-order valence-corrected chi connectivity index (χ0v) is 14.1. The van der Waals surface area contributed by atoms with E-state index in [2.05, 4.69) is 20.9 Å². The highest BCUT2D eigenvalue weighted by atomic mass is 79.9. The van der Waals surface area contributed by atoms with E-state index in [9.17, 15) is 9.90 Å². The maximum absolute atomic E-state index is 11.9. The molecular weight excluding hydrogens is 350 g/mol. The monoisotopic (exact) mass is 365 g/mol. The summed E-state index contributed by atoms with van der Waals surface area (Å²) in [5.74, 6) is -0.121. The number of rotatable bonds is 4. The highest BCUT2D eigenvalue weighted by Gasteiger charge is 2.27. The fraction of sp³-hybridized carbons (Fsp3) is 0.250. The Balaban J connectivity index is 2.46. The molecule has 1 aromatic rings. The van der Waals surface area contributed by atoms with Crippen LogP contribution in [0.25, 0.3) is 6.08 Å². The fourth-order valence-corrected chi connectivity index (χ4v) is 2.48. The van der Waals surface area contributed by atoms with Crippen molar-refractivity contribution < 1.29 is 19.4 Å². The lowest BCUT2D eigenvalue weighted by molar-refractivity contribution is -0.138. The van der Waals surface area contributed by atoms with Gasteiger partial charge in [0.25, 0.3) is 0 Å². The number of benzene rings is 1. The van der Waals surface area contributed by atoms with E-state index in [1.54, 1.807) is 33.1 Å². The number of nitrogens with zero attached hydrogens (tertiary/aromatic N) is 1. The normalized spacial score (nSPS) is 16.0. The van der Waals surface area contributed by atoms with Gasteiger partial charge in [-0.25, -0.2) is 9.79 Å². The minimum Gasteiger partial charge on any atom is -0.505 e. The SMILES string of the molecule is CCOC(=O)C1=C(O)/C(=C\c2cc(Br)ccc2OC)N=C1C. The van der Waals surface area contributed by atoms with Gasteiger partial charge in [0, 0.05) is 10.0 Å². The molecule has 1 N–H and O–H groups in total. The van der Waals surface area contributed by atoms with E-state index in [-0.39, 0.29) is 17.9 Å². The summed E-state index contributed by atoms with van der Waals surface area (Å²) in [5.41, 5.74) is 1.57. The largest absolute Gasteiger partial charge is 0.505 e. The Kier molecular flexibility index (Phi) is 5.03. The molecule has 0 unspecified atom stereocenters. The zero-order chi connectivity index (χ0) is 16.3. The summed E-state index contributed by atoms with van der Waals surface area (Å²) in [5, 5.41) is 10.3. The van der Waals surface area contributed by atoms with Crippen LogP contribution < -0.4 is 4.74 Å². The van der Waals surface area contributed by atoms with Gasteiger partial charge in [0.15, 0.2) is 5.76 Å². The van der Waals surface area contributed by atoms with Gasteiger partial charge in [0.05, 0.1) is 19.4 Å². The predicted molar refractivity (Wildman–Crippen MR) is 88.1 cm³/mol. The van der Waals surface area contributed by atoms with Gasteiger partial charge < -0.3 is 14.6 Å². The third-order valence-corrected chi connectivity index (χ3v) is 3.59. The van der Waals surface area contributed by atoms with Crippen molar-refractivity contribution in [1.29, 1.82) is 0 Å². The van der Waals surface area contributed by atoms with E-state index >= 15 is 0 Å².